The summed E-state index contributed by atoms with van der Waals surface area (Å²) >= 11 is 0. The van der Waals surface area contributed by atoms with Gasteiger partial charge in [0.1, 0.15) is 0 Å². The molecule has 0 saturated heterocycles. The van der Waals surface area contributed by atoms with Gasteiger partial charge in [-0.1, -0.05) is 25.7 Å². The van der Waals surface area contributed by atoms with E-state index in [0.29, 0.717) is 12.3 Å². The monoisotopic (exact) mass is 240 g/mol. The van der Waals surface area contributed by atoms with Gasteiger partial charge in [-0.15, -0.1) is 0 Å². The molecule has 2 saturated carbocycles. The van der Waals surface area contributed by atoms with Crippen LogP contribution in [0.25, 0.3) is 0 Å². The molecule has 82 valence electrons. The molecule has 0 amide bonds. The molecule has 0 aromatic rings. The van der Waals surface area contributed by atoms with Gasteiger partial charge in [0.25, 0.3) is 0 Å². The summed E-state index contributed by atoms with van der Waals surface area (Å²) in [5.41, 5.74) is 0. The molecular weight excluding hydrogens is 223 g/mol. The van der Waals surface area contributed by atoms with Crippen molar-refractivity contribution < 1.29 is 42.5 Å². The molecular formula is C10H17NaO3S. The van der Waals surface area contributed by atoms with Crippen LogP contribution in [0.5, 0.6) is 0 Å². The molecule has 3 nitrogen and oxygen atoms in total. The Morgan fingerprint density at radius 2 is 1.60 bits per heavy atom. The second kappa shape index (κ2) is 5.50. The Bertz CT molecular complexity index is 302. The molecule has 5 heteroatoms. The van der Waals surface area contributed by atoms with Gasteiger partial charge in [0.2, 0.25) is 0 Å². The first kappa shape index (κ1) is 14.0. The van der Waals surface area contributed by atoms with E-state index in [-0.39, 0.29) is 35.5 Å². The Morgan fingerprint density at radius 1 is 0.933 bits per heavy atom. The second-order valence-corrected chi connectivity index (χ2v) is 6.26. The average molecular weight is 240 g/mol. The molecule has 0 aromatic carbocycles. The summed E-state index contributed by atoms with van der Waals surface area (Å²) < 4.78 is 33.1. The van der Waals surface area contributed by atoms with E-state index >= 15 is 0 Å². The van der Waals surface area contributed by atoms with Crippen molar-refractivity contribution in [3.8, 4) is 0 Å². The van der Waals surface area contributed by atoms with Crippen molar-refractivity contribution >= 4 is 10.1 Å². The molecule has 0 aromatic heterocycles. The normalized spacial score (nSPS) is 36.5. The quantitative estimate of drug-likeness (QED) is 0.431. The van der Waals surface area contributed by atoms with Crippen LogP contribution in [-0.4, -0.2) is 18.2 Å². The fraction of sp³-hybridized carbons (Fsp3) is 1.00. The van der Waals surface area contributed by atoms with Crippen LogP contribution in [0.15, 0.2) is 0 Å². The van der Waals surface area contributed by atoms with E-state index in [1.165, 1.54) is 12.8 Å². The summed E-state index contributed by atoms with van der Waals surface area (Å²) in [6, 6.07) is 0. The minimum absolute atomic E-state index is 0. The van der Waals surface area contributed by atoms with E-state index in [0.717, 1.165) is 25.7 Å². The second-order valence-electron chi connectivity index (χ2n) is 4.67. The summed E-state index contributed by atoms with van der Waals surface area (Å²) in [5, 5.41) is -0.564. The minimum Gasteiger partial charge on any atom is -0.748 e. The van der Waals surface area contributed by atoms with Gasteiger partial charge in [-0.05, 0) is 31.1 Å². The van der Waals surface area contributed by atoms with Crippen LogP contribution < -0.4 is 29.6 Å². The number of rotatable bonds is 1. The van der Waals surface area contributed by atoms with E-state index in [4.69, 9.17) is 0 Å². The van der Waals surface area contributed by atoms with Crippen LogP contribution in [0.3, 0.4) is 0 Å². The third-order valence-corrected chi connectivity index (χ3v) is 5.22. The summed E-state index contributed by atoms with van der Waals surface area (Å²) in [6.07, 6.45) is 7.18. The smallest absolute Gasteiger partial charge is 0.748 e. The first-order chi connectivity index (χ1) is 6.59. The molecule has 15 heavy (non-hydrogen) atoms. The van der Waals surface area contributed by atoms with Crippen molar-refractivity contribution in [2.75, 3.05) is 0 Å². The van der Waals surface area contributed by atoms with Gasteiger partial charge in [-0.25, -0.2) is 8.42 Å². The van der Waals surface area contributed by atoms with E-state index in [1.54, 1.807) is 0 Å². The van der Waals surface area contributed by atoms with Gasteiger partial charge >= 0.3 is 29.6 Å². The fourth-order valence-corrected chi connectivity index (χ4v) is 4.42. The molecule has 3 atom stereocenters. The molecule has 2 aliphatic rings. The molecule has 0 heterocycles. The van der Waals surface area contributed by atoms with Gasteiger partial charge in [0.15, 0.2) is 0 Å². The van der Waals surface area contributed by atoms with Crippen LogP contribution in [0.4, 0.5) is 0 Å². The predicted molar refractivity (Wildman–Crippen MR) is 52.8 cm³/mol. The Labute approximate surface area is 114 Å². The summed E-state index contributed by atoms with van der Waals surface area (Å²) in [5.74, 6) is 0.700. The Morgan fingerprint density at radius 3 is 2.27 bits per heavy atom. The average Bonchev–Trinajstić information content (AvgIpc) is 2.36. The molecule has 0 spiro atoms. The zero-order chi connectivity index (χ0) is 10.2. The maximum atomic E-state index is 11.0. The number of hydrogen-bond acceptors (Lipinski definition) is 3. The third kappa shape index (κ3) is 3.19. The van der Waals surface area contributed by atoms with Crippen molar-refractivity contribution in [3.63, 3.8) is 0 Å². The van der Waals surface area contributed by atoms with Crippen LogP contribution >= 0.6 is 0 Å². The first-order valence-corrected chi connectivity index (χ1v) is 7.01. The van der Waals surface area contributed by atoms with E-state index < -0.39 is 15.4 Å². The summed E-state index contributed by atoms with van der Waals surface area (Å²) in [4.78, 5) is 0. The third-order valence-electron chi connectivity index (χ3n) is 3.89. The van der Waals surface area contributed by atoms with Crippen molar-refractivity contribution in [1.82, 2.24) is 0 Å². The van der Waals surface area contributed by atoms with Crippen LogP contribution in [-0.2, 0) is 10.1 Å². The molecule has 0 radical (unpaired) electrons. The first-order valence-electron chi connectivity index (χ1n) is 5.54. The minimum atomic E-state index is -4.04. The van der Waals surface area contributed by atoms with Crippen LogP contribution in [0.1, 0.15) is 44.9 Å². The van der Waals surface area contributed by atoms with E-state index in [2.05, 4.69) is 0 Å². The van der Waals surface area contributed by atoms with Crippen molar-refractivity contribution in [2.45, 2.75) is 50.2 Å². The maximum Gasteiger partial charge on any atom is 1.00 e. The largest absolute Gasteiger partial charge is 1.00 e. The molecule has 0 N–H and O–H groups in total. The van der Waals surface area contributed by atoms with Crippen molar-refractivity contribution in [3.05, 3.63) is 0 Å². The zero-order valence-electron chi connectivity index (χ0n) is 9.31. The summed E-state index contributed by atoms with van der Waals surface area (Å²) in [7, 11) is -4.04. The van der Waals surface area contributed by atoms with Crippen molar-refractivity contribution in [1.29, 1.82) is 0 Å². The van der Waals surface area contributed by atoms with Gasteiger partial charge < -0.3 is 4.55 Å². The standard InChI is InChI=1S/C10H18O3S.Na/c11-14(12,13)10-7-6-8-4-2-1-3-5-9(8)10;/h8-10H,1-7H2,(H,11,12,13);/q;+1/p-1. The summed E-state index contributed by atoms with van der Waals surface area (Å²) in [6.45, 7) is 0. The van der Waals surface area contributed by atoms with Gasteiger partial charge in [0.05, 0.1) is 15.4 Å². The SMILES string of the molecule is O=S(=O)([O-])C1CCC2CCCCCC21.[Na+]. The van der Waals surface area contributed by atoms with Crippen molar-refractivity contribution in [2.24, 2.45) is 11.8 Å². The number of hydrogen-bond donors (Lipinski definition) is 0. The van der Waals surface area contributed by atoms with Crippen LogP contribution in [0.2, 0.25) is 0 Å². The molecule has 2 aliphatic carbocycles. The Kier molecular flexibility index (Phi) is 5.12. The van der Waals surface area contributed by atoms with E-state index in [1.807, 2.05) is 0 Å². The molecule has 2 fully saturated rings. The predicted octanol–water partition coefficient (Wildman–Crippen LogP) is -1.11. The molecule has 2 rings (SSSR count). The van der Waals surface area contributed by atoms with E-state index in [9.17, 15) is 13.0 Å². The molecule has 0 bridgehead atoms. The van der Waals surface area contributed by atoms with Gasteiger partial charge in [-0.2, -0.15) is 0 Å². The Balaban J connectivity index is 0.00000112. The van der Waals surface area contributed by atoms with Gasteiger partial charge in [0, 0.05) is 0 Å². The Hall–Kier alpha value is 0.910. The maximum absolute atomic E-state index is 11.0. The van der Waals surface area contributed by atoms with Gasteiger partial charge in [-0.3, -0.25) is 0 Å². The van der Waals surface area contributed by atoms with Crippen LogP contribution in [0, 0.1) is 11.8 Å². The molecule has 0 aliphatic heterocycles. The zero-order valence-corrected chi connectivity index (χ0v) is 12.1. The fourth-order valence-electron chi connectivity index (χ4n) is 3.21. The molecule has 3 unspecified atom stereocenters. The number of fused-ring (bicyclic) bond motifs is 1. The topological polar surface area (TPSA) is 57.2 Å².